The van der Waals surface area contributed by atoms with Crippen molar-refractivity contribution in [1.82, 2.24) is 19.6 Å². The molecular weight excluding hydrogens is 228 g/mol. The summed E-state index contributed by atoms with van der Waals surface area (Å²) in [5.74, 6) is 0. The lowest BCUT2D eigenvalue weighted by Gasteiger charge is -2.23. The molecule has 2 rings (SSSR count). The van der Waals surface area contributed by atoms with Gasteiger partial charge in [0.05, 0.1) is 6.67 Å². The van der Waals surface area contributed by atoms with E-state index in [9.17, 15) is 9.59 Å². The minimum Gasteiger partial charge on any atom is -0.376 e. The number of aliphatic hydroxyl groups excluding tert-OH is 2. The molecule has 2 saturated heterocycles. The van der Waals surface area contributed by atoms with Crippen molar-refractivity contribution in [2.45, 2.75) is 0 Å². The van der Waals surface area contributed by atoms with Crippen LogP contribution in [-0.2, 0) is 0 Å². The third kappa shape index (κ3) is 2.13. The van der Waals surface area contributed by atoms with Gasteiger partial charge in [-0.15, -0.1) is 0 Å². The van der Waals surface area contributed by atoms with E-state index < -0.39 is 0 Å². The Bertz CT molecular complexity index is 294. The molecule has 2 aliphatic heterocycles. The van der Waals surface area contributed by atoms with Crippen LogP contribution in [0.25, 0.3) is 0 Å². The number of hydrogen-bond acceptors (Lipinski definition) is 4. The molecule has 2 heterocycles. The Morgan fingerprint density at radius 1 is 0.765 bits per heavy atom. The number of amides is 4. The van der Waals surface area contributed by atoms with Crippen LogP contribution in [0.3, 0.4) is 0 Å². The zero-order chi connectivity index (χ0) is 12.4. The van der Waals surface area contributed by atoms with Crippen LogP contribution in [0.2, 0.25) is 0 Å². The van der Waals surface area contributed by atoms with Crippen molar-refractivity contribution in [2.24, 2.45) is 0 Å². The maximum Gasteiger partial charge on any atom is 0.323 e. The first kappa shape index (κ1) is 11.9. The quantitative estimate of drug-likeness (QED) is 0.618. The first-order valence-corrected chi connectivity index (χ1v) is 5.46. The summed E-state index contributed by atoms with van der Waals surface area (Å²) in [5, 5.41) is 17.8. The van der Waals surface area contributed by atoms with E-state index in [1.807, 2.05) is 0 Å². The fourth-order valence-electron chi connectivity index (χ4n) is 2.00. The largest absolute Gasteiger partial charge is 0.376 e. The Balaban J connectivity index is 1.90. The van der Waals surface area contributed by atoms with Crippen LogP contribution in [-0.4, -0.2) is 88.2 Å². The van der Waals surface area contributed by atoms with Crippen LogP contribution in [0.15, 0.2) is 0 Å². The lowest BCUT2D eigenvalue weighted by Crippen LogP contribution is -2.42. The molecule has 0 bridgehead atoms. The van der Waals surface area contributed by atoms with Crippen molar-refractivity contribution >= 4 is 12.1 Å². The number of rotatable bonds is 4. The second-order valence-electron chi connectivity index (χ2n) is 4.04. The minimum absolute atomic E-state index is 0.213. The van der Waals surface area contributed by atoms with Gasteiger partial charge in [-0.1, -0.05) is 0 Å². The van der Waals surface area contributed by atoms with Gasteiger partial charge in [0.15, 0.2) is 0 Å². The molecule has 2 fully saturated rings. The summed E-state index contributed by atoms with van der Waals surface area (Å²) in [7, 11) is 0. The highest BCUT2D eigenvalue weighted by Crippen LogP contribution is 2.12. The molecule has 0 spiro atoms. The van der Waals surface area contributed by atoms with Gasteiger partial charge in [-0.3, -0.25) is 9.80 Å². The van der Waals surface area contributed by atoms with E-state index in [2.05, 4.69) is 0 Å². The third-order valence-electron chi connectivity index (χ3n) is 3.04. The van der Waals surface area contributed by atoms with Crippen LogP contribution in [0, 0.1) is 0 Å². The number of carbonyl (C=O) groups excluding carboxylic acids is 2. The molecule has 0 aromatic heterocycles. The van der Waals surface area contributed by atoms with Gasteiger partial charge in [0.2, 0.25) is 0 Å². The maximum atomic E-state index is 11.7. The highest BCUT2D eigenvalue weighted by atomic mass is 16.3. The smallest absolute Gasteiger partial charge is 0.323 e. The van der Waals surface area contributed by atoms with Gasteiger partial charge < -0.3 is 20.0 Å². The lowest BCUT2D eigenvalue weighted by atomic mass is 10.6. The van der Waals surface area contributed by atoms with Gasteiger partial charge in [0.1, 0.15) is 13.5 Å². The van der Waals surface area contributed by atoms with Crippen LogP contribution in [0.4, 0.5) is 9.59 Å². The van der Waals surface area contributed by atoms with E-state index in [4.69, 9.17) is 10.2 Å². The van der Waals surface area contributed by atoms with Crippen LogP contribution >= 0.6 is 0 Å². The predicted octanol–water partition coefficient (Wildman–Crippen LogP) is -1.68. The highest BCUT2D eigenvalue weighted by molar-refractivity contribution is 5.79. The molecule has 0 saturated carbocycles. The zero-order valence-electron chi connectivity index (χ0n) is 9.45. The van der Waals surface area contributed by atoms with Gasteiger partial charge in [-0.05, 0) is 0 Å². The van der Waals surface area contributed by atoms with Crippen molar-refractivity contribution in [2.75, 3.05) is 46.3 Å². The SMILES string of the molecule is O=C1N(CO)CCN1CN1CCN(CO)C1=O. The summed E-state index contributed by atoms with van der Waals surface area (Å²) in [4.78, 5) is 29.0. The molecule has 2 N–H and O–H groups in total. The summed E-state index contributed by atoms with van der Waals surface area (Å²) in [6.07, 6.45) is 0. The van der Waals surface area contributed by atoms with E-state index >= 15 is 0 Å². The molecule has 8 nitrogen and oxygen atoms in total. The van der Waals surface area contributed by atoms with Gasteiger partial charge in [-0.2, -0.15) is 0 Å². The summed E-state index contributed by atoms with van der Waals surface area (Å²) in [6.45, 7) is 1.56. The predicted molar refractivity (Wildman–Crippen MR) is 56.7 cm³/mol. The monoisotopic (exact) mass is 244 g/mol. The molecule has 0 aliphatic carbocycles. The Kier molecular flexibility index (Phi) is 3.34. The average molecular weight is 244 g/mol. The molecule has 0 aromatic carbocycles. The fourth-order valence-corrected chi connectivity index (χ4v) is 2.00. The topological polar surface area (TPSA) is 87.6 Å². The molecule has 0 radical (unpaired) electrons. The molecule has 0 unspecified atom stereocenters. The standard InChI is InChI=1S/C9H16N4O4/c14-6-12-3-1-10(8(12)16)5-11-2-4-13(7-15)9(11)17/h14-15H,1-7H2. The van der Waals surface area contributed by atoms with E-state index in [-0.39, 0.29) is 32.2 Å². The Hall–Kier alpha value is -1.54. The van der Waals surface area contributed by atoms with E-state index in [1.54, 1.807) is 0 Å². The fraction of sp³-hybridized carbons (Fsp3) is 0.778. The molecule has 0 aromatic rings. The molecule has 0 atom stereocenters. The van der Waals surface area contributed by atoms with E-state index in [0.29, 0.717) is 26.2 Å². The number of nitrogens with zero attached hydrogens (tertiary/aromatic N) is 4. The summed E-state index contributed by atoms with van der Waals surface area (Å²) >= 11 is 0. The van der Waals surface area contributed by atoms with Gasteiger partial charge in [0.25, 0.3) is 0 Å². The molecule has 96 valence electrons. The Labute approximate surface area is 98.6 Å². The van der Waals surface area contributed by atoms with Gasteiger partial charge in [-0.25, -0.2) is 9.59 Å². The number of carbonyl (C=O) groups is 2. The molecular formula is C9H16N4O4. The van der Waals surface area contributed by atoms with Crippen molar-refractivity contribution in [3.8, 4) is 0 Å². The van der Waals surface area contributed by atoms with Crippen molar-refractivity contribution in [3.05, 3.63) is 0 Å². The van der Waals surface area contributed by atoms with Gasteiger partial charge >= 0.3 is 12.1 Å². The normalized spacial score (nSPS) is 21.1. The Morgan fingerprint density at radius 3 is 1.41 bits per heavy atom. The highest BCUT2D eigenvalue weighted by Gasteiger charge is 2.34. The van der Waals surface area contributed by atoms with Crippen LogP contribution < -0.4 is 0 Å². The Morgan fingerprint density at radius 2 is 1.12 bits per heavy atom. The van der Waals surface area contributed by atoms with Crippen LogP contribution in [0.1, 0.15) is 0 Å². The minimum atomic E-state index is -0.300. The molecule has 8 heteroatoms. The zero-order valence-corrected chi connectivity index (χ0v) is 9.45. The second kappa shape index (κ2) is 4.76. The number of hydrogen-bond donors (Lipinski definition) is 2. The first-order valence-electron chi connectivity index (χ1n) is 5.46. The second-order valence-corrected chi connectivity index (χ2v) is 4.04. The average Bonchev–Trinajstić information content (AvgIpc) is 2.85. The van der Waals surface area contributed by atoms with E-state index in [1.165, 1.54) is 19.6 Å². The van der Waals surface area contributed by atoms with Crippen molar-refractivity contribution < 1.29 is 19.8 Å². The maximum absolute atomic E-state index is 11.7. The number of urea groups is 2. The van der Waals surface area contributed by atoms with E-state index in [0.717, 1.165) is 0 Å². The van der Waals surface area contributed by atoms with Gasteiger partial charge in [0, 0.05) is 26.2 Å². The summed E-state index contributed by atoms with van der Waals surface area (Å²) < 4.78 is 0. The third-order valence-corrected chi connectivity index (χ3v) is 3.04. The lowest BCUT2D eigenvalue weighted by molar-refractivity contribution is 0.119. The van der Waals surface area contributed by atoms with Crippen molar-refractivity contribution in [1.29, 1.82) is 0 Å². The molecule has 17 heavy (non-hydrogen) atoms. The molecule has 4 amide bonds. The van der Waals surface area contributed by atoms with Crippen molar-refractivity contribution in [3.63, 3.8) is 0 Å². The molecule has 2 aliphatic rings. The summed E-state index contributed by atoms with van der Waals surface area (Å²) in [5.41, 5.74) is 0. The first-order chi connectivity index (χ1) is 8.17. The summed E-state index contributed by atoms with van der Waals surface area (Å²) in [6, 6.07) is -0.523. The van der Waals surface area contributed by atoms with Crippen LogP contribution in [0.5, 0.6) is 0 Å². The number of aliphatic hydroxyl groups is 2.